The number of carbonyl (C=O) groups excluding carboxylic acids is 1. The van der Waals surface area contributed by atoms with Crippen molar-refractivity contribution in [3.05, 3.63) is 65.7 Å². The Hall–Kier alpha value is -2.31. The first-order chi connectivity index (χ1) is 13.1. The number of halogens is 1. The predicted octanol–water partition coefficient (Wildman–Crippen LogP) is 2.74. The molecule has 6 heteroatoms. The van der Waals surface area contributed by atoms with E-state index >= 15 is 0 Å². The molecule has 1 aromatic carbocycles. The number of pyridine rings is 1. The summed E-state index contributed by atoms with van der Waals surface area (Å²) in [5, 5.41) is 0. The minimum absolute atomic E-state index is 0.0485. The molecule has 0 aliphatic carbocycles. The van der Waals surface area contributed by atoms with Gasteiger partial charge in [-0.05, 0) is 36.2 Å². The molecule has 27 heavy (non-hydrogen) atoms. The number of likely N-dealkylation sites (tertiary alicyclic amines) is 1. The maximum absolute atomic E-state index is 13.0. The molecule has 2 saturated heterocycles. The molecule has 2 fully saturated rings. The highest BCUT2D eigenvalue weighted by Gasteiger charge is 2.49. The molecule has 0 unspecified atom stereocenters. The summed E-state index contributed by atoms with van der Waals surface area (Å²) in [6.07, 6.45) is 3.82. The van der Waals surface area contributed by atoms with Crippen LogP contribution in [0.1, 0.15) is 24.1 Å². The van der Waals surface area contributed by atoms with Gasteiger partial charge in [0.15, 0.2) is 0 Å². The summed E-state index contributed by atoms with van der Waals surface area (Å²) in [4.78, 5) is 18.5. The Morgan fingerprint density at radius 3 is 2.81 bits per heavy atom. The Morgan fingerprint density at radius 1 is 1.26 bits per heavy atom. The maximum atomic E-state index is 13.0. The number of benzene rings is 1. The maximum Gasteiger partial charge on any atom is 0.227 e. The van der Waals surface area contributed by atoms with Crippen LogP contribution in [-0.2, 0) is 27.3 Å². The molecule has 2 aromatic rings. The Balaban J connectivity index is 1.26. The van der Waals surface area contributed by atoms with E-state index in [4.69, 9.17) is 9.47 Å². The molecule has 1 spiro atoms. The molecular weight excluding hydrogens is 347 g/mol. The SMILES string of the molecule is O=C(Cc1ccc(F)cc1)N1CC2(C[C@H](OCc3ccccn3)CCO2)C1. The van der Waals surface area contributed by atoms with Crippen LogP contribution in [0.3, 0.4) is 0 Å². The summed E-state index contributed by atoms with van der Waals surface area (Å²) in [6, 6.07) is 11.9. The first kappa shape index (κ1) is 18.1. The van der Waals surface area contributed by atoms with Crippen molar-refractivity contribution in [3.63, 3.8) is 0 Å². The lowest BCUT2D eigenvalue weighted by molar-refractivity contribution is -0.202. The molecule has 5 nitrogen and oxygen atoms in total. The minimum Gasteiger partial charge on any atom is -0.372 e. The lowest BCUT2D eigenvalue weighted by Gasteiger charge is -2.53. The quantitative estimate of drug-likeness (QED) is 0.812. The van der Waals surface area contributed by atoms with Crippen LogP contribution >= 0.6 is 0 Å². The van der Waals surface area contributed by atoms with Crippen LogP contribution in [-0.4, -0.2) is 47.2 Å². The van der Waals surface area contributed by atoms with Crippen molar-refractivity contribution in [2.75, 3.05) is 19.7 Å². The lowest BCUT2D eigenvalue weighted by atomic mass is 9.84. The summed E-state index contributed by atoms with van der Waals surface area (Å²) in [5.41, 5.74) is 1.46. The topological polar surface area (TPSA) is 51.7 Å². The summed E-state index contributed by atoms with van der Waals surface area (Å²) < 4.78 is 25.0. The average Bonchev–Trinajstić information content (AvgIpc) is 2.67. The number of rotatable bonds is 5. The van der Waals surface area contributed by atoms with Crippen molar-refractivity contribution in [2.45, 2.75) is 37.6 Å². The third kappa shape index (κ3) is 4.34. The van der Waals surface area contributed by atoms with E-state index in [1.807, 2.05) is 23.1 Å². The zero-order valence-electron chi connectivity index (χ0n) is 15.1. The fourth-order valence-electron chi connectivity index (χ4n) is 3.75. The molecule has 1 aromatic heterocycles. The van der Waals surface area contributed by atoms with Gasteiger partial charge in [0.25, 0.3) is 0 Å². The van der Waals surface area contributed by atoms with Gasteiger partial charge in [-0.3, -0.25) is 9.78 Å². The fourth-order valence-corrected chi connectivity index (χ4v) is 3.75. The molecule has 0 radical (unpaired) electrons. The smallest absolute Gasteiger partial charge is 0.227 e. The van der Waals surface area contributed by atoms with Crippen molar-refractivity contribution in [2.24, 2.45) is 0 Å². The van der Waals surface area contributed by atoms with E-state index in [9.17, 15) is 9.18 Å². The highest BCUT2D eigenvalue weighted by Crippen LogP contribution is 2.35. The predicted molar refractivity (Wildman–Crippen MR) is 97.4 cm³/mol. The molecule has 4 rings (SSSR count). The molecular formula is C21H23FN2O3. The third-order valence-corrected chi connectivity index (χ3v) is 5.22. The summed E-state index contributed by atoms with van der Waals surface area (Å²) in [7, 11) is 0. The van der Waals surface area contributed by atoms with Crippen molar-refractivity contribution in [1.82, 2.24) is 9.88 Å². The summed E-state index contributed by atoms with van der Waals surface area (Å²) in [5.74, 6) is -0.242. The Morgan fingerprint density at radius 2 is 2.07 bits per heavy atom. The molecule has 0 bridgehead atoms. The molecule has 1 amide bonds. The van der Waals surface area contributed by atoms with Crippen molar-refractivity contribution in [3.8, 4) is 0 Å². The van der Waals surface area contributed by atoms with E-state index < -0.39 is 0 Å². The van der Waals surface area contributed by atoms with Crippen LogP contribution < -0.4 is 0 Å². The zero-order valence-corrected chi connectivity index (χ0v) is 15.1. The van der Waals surface area contributed by atoms with Crippen LogP contribution in [0, 0.1) is 5.82 Å². The number of carbonyl (C=O) groups is 1. The van der Waals surface area contributed by atoms with E-state index in [-0.39, 0.29) is 29.9 Å². The van der Waals surface area contributed by atoms with E-state index in [0.717, 1.165) is 24.1 Å². The Labute approximate surface area is 158 Å². The van der Waals surface area contributed by atoms with E-state index in [1.165, 1.54) is 12.1 Å². The van der Waals surface area contributed by atoms with E-state index in [1.54, 1.807) is 18.3 Å². The van der Waals surface area contributed by atoms with E-state index in [2.05, 4.69) is 4.98 Å². The molecule has 0 N–H and O–H groups in total. The van der Waals surface area contributed by atoms with Gasteiger partial charge in [0.1, 0.15) is 11.4 Å². The third-order valence-electron chi connectivity index (χ3n) is 5.22. The van der Waals surface area contributed by atoms with Crippen molar-refractivity contribution < 1.29 is 18.7 Å². The van der Waals surface area contributed by atoms with Gasteiger partial charge in [-0.1, -0.05) is 18.2 Å². The minimum atomic E-state index is -0.290. The monoisotopic (exact) mass is 370 g/mol. The second-order valence-electron chi connectivity index (χ2n) is 7.33. The van der Waals surface area contributed by atoms with Gasteiger partial charge in [-0.25, -0.2) is 4.39 Å². The first-order valence-corrected chi connectivity index (χ1v) is 9.30. The number of nitrogens with zero attached hydrogens (tertiary/aromatic N) is 2. The van der Waals surface area contributed by atoms with E-state index in [0.29, 0.717) is 26.3 Å². The Bertz CT molecular complexity index is 776. The van der Waals surface area contributed by atoms with Gasteiger partial charge in [-0.15, -0.1) is 0 Å². The van der Waals surface area contributed by atoms with Crippen molar-refractivity contribution >= 4 is 5.91 Å². The highest BCUT2D eigenvalue weighted by molar-refractivity contribution is 5.80. The molecule has 2 aliphatic rings. The molecule has 1 atom stereocenters. The number of hydrogen-bond acceptors (Lipinski definition) is 4. The van der Waals surface area contributed by atoms with Gasteiger partial charge in [0.2, 0.25) is 5.91 Å². The summed E-state index contributed by atoms with van der Waals surface area (Å²) >= 11 is 0. The first-order valence-electron chi connectivity index (χ1n) is 9.30. The molecule has 0 saturated carbocycles. The standard InChI is InChI=1S/C21H23FN2O3/c22-17-6-4-16(5-7-17)11-20(25)24-14-21(15-24)12-19(8-10-27-21)26-13-18-3-1-2-9-23-18/h1-7,9,19H,8,10-15H2/t19-/m1/s1. The average molecular weight is 370 g/mol. The molecule has 142 valence electrons. The Kier molecular flexibility index (Phi) is 5.18. The highest BCUT2D eigenvalue weighted by atomic mass is 19.1. The summed E-state index contributed by atoms with van der Waals surface area (Å²) in [6.45, 7) is 2.33. The fraction of sp³-hybridized carbons (Fsp3) is 0.429. The number of ether oxygens (including phenoxy) is 2. The normalized spacial score (nSPS) is 21.1. The van der Waals surface area contributed by atoms with Crippen LogP contribution in [0.15, 0.2) is 48.7 Å². The number of amides is 1. The largest absolute Gasteiger partial charge is 0.372 e. The van der Waals surface area contributed by atoms with Crippen LogP contribution in [0.4, 0.5) is 4.39 Å². The van der Waals surface area contributed by atoms with Crippen LogP contribution in [0.5, 0.6) is 0 Å². The molecule has 2 aliphatic heterocycles. The molecule has 3 heterocycles. The van der Waals surface area contributed by atoms with Crippen LogP contribution in [0.25, 0.3) is 0 Å². The second kappa shape index (κ2) is 7.74. The van der Waals surface area contributed by atoms with Gasteiger partial charge >= 0.3 is 0 Å². The zero-order chi connectivity index (χ0) is 18.7. The van der Waals surface area contributed by atoms with Gasteiger partial charge < -0.3 is 14.4 Å². The van der Waals surface area contributed by atoms with Crippen LogP contribution in [0.2, 0.25) is 0 Å². The number of aromatic nitrogens is 1. The second-order valence-corrected chi connectivity index (χ2v) is 7.33. The van der Waals surface area contributed by atoms with Crippen molar-refractivity contribution in [1.29, 1.82) is 0 Å². The van der Waals surface area contributed by atoms with Gasteiger partial charge in [0.05, 0.1) is 37.9 Å². The van der Waals surface area contributed by atoms with Gasteiger partial charge in [-0.2, -0.15) is 0 Å². The van der Waals surface area contributed by atoms with Gasteiger partial charge in [0, 0.05) is 19.2 Å². The number of hydrogen-bond donors (Lipinski definition) is 0. The lowest BCUT2D eigenvalue weighted by Crippen LogP contribution is -2.67.